The van der Waals surface area contributed by atoms with Crippen LogP contribution in [0.5, 0.6) is 0 Å². The molecule has 2 unspecified atom stereocenters. The Kier molecular flexibility index (Phi) is 3.96. The van der Waals surface area contributed by atoms with Gasteiger partial charge in [0, 0.05) is 37.4 Å². The van der Waals surface area contributed by atoms with Crippen LogP contribution in [-0.2, 0) is 11.3 Å². The van der Waals surface area contributed by atoms with Crippen LogP contribution in [0.15, 0.2) is 12.4 Å². The molecular weight excluding hydrogens is 202 g/mol. The van der Waals surface area contributed by atoms with Gasteiger partial charge >= 0.3 is 0 Å². The highest BCUT2D eigenvalue weighted by Gasteiger charge is 2.29. The van der Waals surface area contributed by atoms with Gasteiger partial charge in [0.2, 0.25) is 0 Å². The summed E-state index contributed by atoms with van der Waals surface area (Å²) in [5, 5.41) is 7.71. The van der Waals surface area contributed by atoms with E-state index in [1.54, 1.807) is 0 Å². The molecule has 90 valence electrons. The van der Waals surface area contributed by atoms with Gasteiger partial charge in [-0.05, 0) is 19.9 Å². The van der Waals surface area contributed by atoms with E-state index in [2.05, 4.69) is 30.5 Å². The molecule has 1 aromatic heterocycles. The van der Waals surface area contributed by atoms with Gasteiger partial charge in [0.05, 0.1) is 12.3 Å². The van der Waals surface area contributed by atoms with E-state index in [0.29, 0.717) is 5.92 Å². The van der Waals surface area contributed by atoms with Gasteiger partial charge in [0.25, 0.3) is 0 Å². The second-order valence-electron chi connectivity index (χ2n) is 4.28. The summed E-state index contributed by atoms with van der Waals surface area (Å²) in [6.07, 6.45) is 5.43. The second-order valence-corrected chi connectivity index (χ2v) is 4.28. The fraction of sp³-hybridized carbons (Fsp3) is 0.750. The summed E-state index contributed by atoms with van der Waals surface area (Å²) in [5.74, 6) is 0.592. The van der Waals surface area contributed by atoms with E-state index in [9.17, 15) is 0 Å². The minimum absolute atomic E-state index is 0.236. The number of rotatable bonds is 5. The average Bonchev–Trinajstić information content (AvgIpc) is 2.94. The molecule has 1 aromatic rings. The van der Waals surface area contributed by atoms with Gasteiger partial charge in [-0.3, -0.25) is 4.68 Å². The minimum atomic E-state index is 0.236. The molecule has 0 radical (unpaired) electrons. The van der Waals surface area contributed by atoms with Gasteiger partial charge in [-0.2, -0.15) is 5.10 Å². The molecule has 4 nitrogen and oxygen atoms in total. The van der Waals surface area contributed by atoms with Crippen molar-refractivity contribution in [3.05, 3.63) is 18.0 Å². The maximum Gasteiger partial charge on any atom is 0.0896 e. The fourth-order valence-electron chi connectivity index (χ4n) is 2.24. The quantitative estimate of drug-likeness (QED) is 0.824. The molecule has 1 saturated heterocycles. The maximum atomic E-state index is 5.81. The number of nitrogens with zero attached hydrogens (tertiary/aromatic N) is 2. The summed E-state index contributed by atoms with van der Waals surface area (Å²) in [5.41, 5.74) is 1.22. The zero-order chi connectivity index (χ0) is 11.4. The molecule has 1 aliphatic heterocycles. The maximum absolute atomic E-state index is 5.81. The average molecular weight is 223 g/mol. The molecule has 0 aliphatic carbocycles. The van der Waals surface area contributed by atoms with Crippen LogP contribution in [0.3, 0.4) is 0 Å². The SMILES string of the molecule is CCNCC1CCOC1c1cnn(CC)c1. The summed E-state index contributed by atoms with van der Waals surface area (Å²) in [6.45, 7) is 8.10. The van der Waals surface area contributed by atoms with Gasteiger partial charge in [-0.1, -0.05) is 6.92 Å². The van der Waals surface area contributed by atoms with E-state index in [1.807, 2.05) is 10.9 Å². The predicted molar refractivity (Wildman–Crippen MR) is 63.2 cm³/mol. The van der Waals surface area contributed by atoms with Crippen molar-refractivity contribution in [3.8, 4) is 0 Å². The molecule has 4 heteroatoms. The molecule has 0 saturated carbocycles. The molecule has 16 heavy (non-hydrogen) atoms. The molecule has 0 amide bonds. The first-order chi connectivity index (χ1) is 7.85. The lowest BCUT2D eigenvalue weighted by Gasteiger charge is -2.17. The van der Waals surface area contributed by atoms with Crippen molar-refractivity contribution in [2.75, 3.05) is 19.7 Å². The Morgan fingerprint density at radius 2 is 2.44 bits per heavy atom. The van der Waals surface area contributed by atoms with Crippen LogP contribution in [-0.4, -0.2) is 29.5 Å². The number of aromatic nitrogens is 2. The van der Waals surface area contributed by atoms with Gasteiger partial charge < -0.3 is 10.1 Å². The van der Waals surface area contributed by atoms with Crippen molar-refractivity contribution in [2.24, 2.45) is 5.92 Å². The van der Waals surface area contributed by atoms with Crippen molar-refractivity contribution in [1.82, 2.24) is 15.1 Å². The van der Waals surface area contributed by atoms with E-state index in [1.165, 1.54) is 5.56 Å². The van der Waals surface area contributed by atoms with Gasteiger partial charge in [-0.15, -0.1) is 0 Å². The molecular formula is C12H21N3O. The molecule has 2 atom stereocenters. The molecule has 0 bridgehead atoms. The Bertz CT molecular complexity index is 324. The highest BCUT2D eigenvalue weighted by molar-refractivity contribution is 5.11. The van der Waals surface area contributed by atoms with Gasteiger partial charge in [0.15, 0.2) is 0 Å². The van der Waals surface area contributed by atoms with Crippen LogP contribution >= 0.6 is 0 Å². The second kappa shape index (κ2) is 5.46. The zero-order valence-corrected chi connectivity index (χ0v) is 10.1. The van der Waals surface area contributed by atoms with Crippen LogP contribution in [0.1, 0.15) is 31.9 Å². The van der Waals surface area contributed by atoms with Crippen molar-refractivity contribution < 1.29 is 4.74 Å². The summed E-state index contributed by atoms with van der Waals surface area (Å²) in [6, 6.07) is 0. The summed E-state index contributed by atoms with van der Waals surface area (Å²) >= 11 is 0. The molecule has 2 heterocycles. The zero-order valence-electron chi connectivity index (χ0n) is 10.1. The molecule has 1 aliphatic rings. The van der Waals surface area contributed by atoms with Crippen molar-refractivity contribution in [2.45, 2.75) is 32.9 Å². The smallest absolute Gasteiger partial charge is 0.0896 e. The third kappa shape index (κ3) is 2.44. The number of hydrogen-bond donors (Lipinski definition) is 1. The third-order valence-corrected chi connectivity index (χ3v) is 3.18. The normalized spacial score (nSPS) is 25.1. The lowest BCUT2D eigenvalue weighted by Crippen LogP contribution is -2.24. The van der Waals surface area contributed by atoms with E-state index < -0.39 is 0 Å². The van der Waals surface area contributed by atoms with Gasteiger partial charge in [-0.25, -0.2) is 0 Å². The molecule has 2 rings (SSSR count). The first-order valence-corrected chi connectivity index (χ1v) is 6.19. The monoisotopic (exact) mass is 223 g/mol. The summed E-state index contributed by atoms with van der Waals surface area (Å²) in [7, 11) is 0. The number of aryl methyl sites for hydroxylation is 1. The Labute approximate surface area is 97.0 Å². The van der Waals surface area contributed by atoms with E-state index >= 15 is 0 Å². The largest absolute Gasteiger partial charge is 0.373 e. The number of ether oxygens (including phenoxy) is 1. The molecule has 1 N–H and O–H groups in total. The molecule has 0 spiro atoms. The number of hydrogen-bond acceptors (Lipinski definition) is 3. The first kappa shape index (κ1) is 11.6. The topological polar surface area (TPSA) is 39.1 Å². The van der Waals surface area contributed by atoms with E-state index in [4.69, 9.17) is 4.74 Å². The van der Waals surface area contributed by atoms with Crippen LogP contribution in [0, 0.1) is 5.92 Å². The molecule has 1 fully saturated rings. The first-order valence-electron chi connectivity index (χ1n) is 6.19. The van der Waals surface area contributed by atoms with Crippen LogP contribution in [0.25, 0.3) is 0 Å². The van der Waals surface area contributed by atoms with Crippen LogP contribution in [0.2, 0.25) is 0 Å². The Morgan fingerprint density at radius 3 is 3.12 bits per heavy atom. The lowest BCUT2D eigenvalue weighted by atomic mass is 9.97. The van der Waals surface area contributed by atoms with Crippen LogP contribution in [0.4, 0.5) is 0 Å². The highest BCUT2D eigenvalue weighted by atomic mass is 16.5. The fourth-order valence-corrected chi connectivity index (χ4v) is 2.24. The Balaban J connectivity index is 2.01. The number of nitrogens with one attached hydrogen (secondary N) is 1. The van der Waals surface area contributed by atoms with Crippen molar-refractivity contribution >= 4 is 0 Å². The predicted octanol–water partition coefficient (Wildman–Crippen LogP) is 1.59. The minimum Gasteiger partial charge on any atom is -0.373 e. The lowest BCUT2D eigenvalue weighted by molar-refractivity contribution is 0.0906. The third-order valence-electron chi connectivity index (χ3n) is 3.18. The Morgan fingerprint density at radius 1 is 1.56 bits per heavy atom. The van der Waals surface area contributed by atoms with Gasteiger partial charge in [0.1, 0.15) is 0 Å². The van der Waals surface area contributed by atoms with E-state index in [0.717, 1.165) is 32.7 Å². The van der Waals surface area contributed by atoms with E-state index in [-0.39, 0.29) is 6.10 Å². The molecule has 0 aromatic carbocycles. The Hall–Kier alpha value is -0.870. The standard InChI is InChI=1S/C12H21N3O/c1-3-13-7-10-5-6-16-12(10)11-8-14-15(4-2)9-11/h8-10,12-13H,3-7H2,1-2H3. The summed E-state index contributed by atoms with van der Waals surface area (Å²) in [4.78, 5) is 0. The van der Waals surface area contributed by atoms with Crippen molar-refractivity contribution in [3.63, 3.8) is 0 Å². The van der Waals surface area contributed by atoms with Crippen molar-refractivity contribution in [1.29, 1.82) is 0 Å². The van der Waals surface area contributed by atoms with Crippen LogP contribution < -0.4 is 5.32 Å². The summed E-state index contributed by atoms with van der Waals surface area (Å²) < 4.78 is 7.77. The highest BCUT2D eigenvalue weighted by Crippen LogP contribution is 2.33.